The normalized spacial score (nSPS) is 11.9. The van der Waals surface area contributed by atoms with Crippen molar-refractivity contribution >= 4 is 43.5 Å². The molecule has 0 saturated carbocycles. The van der Waals surface area contributed by atoms with E-state index >= 15 is 0 Å². The summed E-state index contributed by atoms with van der Waals surface area (Å²) in [6, 6.07) is 22.6. The van der Waals surface area contributed by atoms with Crippen LogP contribution in [0, 0.1) is 0 Å². The average Bonchev–Trinajstić information content (AvgIpc) is 2.94. The molecule has 0 radical (unpaired) electrons. The summed E-state index contributed by atoms with van der Waals surface area (Å²) in [5, 5.41) is 2.98. The van der Waals surface area contributed by atoms with E-state index in [1.165, 1.54) is 12.0 Å². The molecule has 0 heterocycles. The lowest BCUT2D eigenvalue weighted by molar-refractivity contribution is -0.140. The summed E-state index contributed by atoms with van der Waals surface area (Å²) in [5.74, 6) is -0.319. The molecule has 214 valence electrons. The smallest absolute Gasteiger partial charge is 0.244 e. The molecule has 10 heteroatoms. The number of anilines is 1. The van der Waals surface area contributed by atoms with Crippen LogP contribution in [-0.4, -0.2) is 57.6 Å². The van der Waals surface area contributed by atoms with Gasteiger partial charge in [0.15, 0.2) is 0 Å². The van der Waals surface area contributed by atoms with Crippen LogP contribution in [0.2, 0.25) is 0 Å². The molecule has 0 aromatic heterocycles. The zero-order chi connectivity index (χ0) is 29.1. The second-order valence-corrected chi connectivity index (χ2v) is 12.3. The molecule has 0 saturated heterocycles. The summed E-state index contributed by atoms with van der Waals surface area (Å²) in [4.78, 5) is 29.1. The predicted molar refractivity (Wildman–Crippen MR) is 162 cm³/mol. The third kappa shape index (κ3) is 9.09. The van der Waals surface area contributed by atoms with Crippen LogP contribution in [0.1, 0.15) is 30.9 Å². The highest BCUT2D eigenvalue weighted by Crippen LogP contribution is 2.24. The van der Waals surface area contributed by atoms with Gasteiger partial charge in [-0.05, 0) is 41.8 Å². The SMILES string of the molecule is CCCCNC(=O)[C@H](Cc1ccccc1)N(Cc1ccc(Br)cc1)C(=O)CN(c1cccc(OC)c1)S(C)(=O)=O. The van der Waals surface area contributed by atoms with Crippen molar-refractivity contribution in [3.63, 3.8) is 0 Å². The van der Waals surface area contributed by atoms with Crippen LogP contribution in [-0.2, 0) is 32.6 Å². The van der Waals surface area contributed by atoms with Crippen molar-refractivity contribution in [1.29, 1.82) is 0 Å². The van der Waals surface area contributed by atoms with Gasteiger partial charge in [-0.1, -0.05) is 77.8 Å². The Morgan fingerprint density at radius 2 is 1.68 bits per heavy atom. The van der Waals surface area contributed by atoms with Crippen molar-refractivity contribution in [2.24, 2.45) is 0 Å². The number of benzene rings is 3. The number of carbonyl (C=O) groups excluding carboxylic acids is 2. The van der Waals surface area contributed by atoms with Crippen molar-refractivity contribution in [3.8, 4) is 5.75 Å². The Labute approximate surface area is 245 Å². The first-order valence-corrected chi connectivity index (χ1v) is 15.7. The molecule has 0 aliphatic rings. The van der Waals surface area contributed by atoms with Gasteiger partial charge in [0.1, 0.15) is 18.3 Å². The molecule has 3 aromatic rings. The fourth-order valence-electron chi connectivity index (χ4n) is 4.23. The van der Waals surface area contributed by atoms with Crippen LogP contribution in [0.4, 0.5) is 5.69 Å². The summed E-state index contributed by atoms with van der Waals surface area (Å²) < 4.78 is 33.0. The van der Waals surface area contributed by atoms with Crippen LogP contribution in [0.5, 0.6) is 5.75 Å². The van der Waals surface area contributed by atoms with E-state index in [9.17, 15) is 18.0 Å². The maximum absolute atomic E-state index is 14.1. The minimum atomic E-state index is -3.85. The molecule has 1 N–H and O–H groups in total. The predicted octanol–water partition coefficient (Wildman–Crippen LogP) is 4.78. The Morgan fingerprint density at radius 3 is 2.30 bits per heavy atom. The minimum absolute atomic E-state index is 0.126. The number of nitrogens with one attached hydrogen (secondary N) is 1. The Balaban J connectivity index is 2.03. The van der Waals surface area contributed by atoms with Crippen LogP contribution in [0.15, 0.2) is 83.3 Å². The quantitative estimate of drug-likeness (QED) is 0.259. The van der Waals surface area contributed by atoms with Gasteiger partial charge in [0.05, 0.1) is 19.1 Å². The van der Waals surface area contributed by atoms with Crippen LogP contribution in [0.25, 0.3) is 0 Å². The number of hydrogen-bond donors (Lipinski definition) is 1. The van der Waals surface area contributed by atoms with E-state index in [0.29, 0.717) is 18.0 Å². The lowest BCUT2D eigenvalue weighted by Crippen LogP contribution is -2.53. The van der Waals surface area contributed by atoms with Gasteiger partial charge in [-0.2, -0.15) is 0 Å². The van der Waals surface area contributed by atoms with E-state index in [2.05, 4.69) is 21.2 Å². The fourth-order valence-corrected chi connectivity index (χ4v) is 5.33. The molecule has 40 heavy (non-hydrogen) atoms. The second-order valence-electron chi connectivity index (χ2n) is 9.47. The van der Waals surface area contributed by atoms with Crippen molar-refractivity contribution in [2.45, 2.75) is 38.8 Å². The molecule has 0 aliphatic heterocycles. The lowest BCUT2D eigenvalue weighted by Gasteiger charge is -2.33. The number of carbonyl (C=O) groups is 2. The van der Waals surface area contributed by atoms with Crippen molar-refractivity contribution in [2.75, 3.05) is 30.8 Å². The number of hydrogen-bond acceptors (Lipinski definition) is 5. The highest BCUT2D eigenvalue weighted by Gasteiger charge is 2.33. The third-order valence-corrected chi connectivity index (χ3v) is 8.06. The van der Waals surface area contributed by atoms with E-state index in [0.717, 1.165) is 39.0 Å². The molecule has 8 nitrogen and oxygen atoms in total. The first-order chi connectivity index (χ1) is 19.1. The maximum Gasteiger partial charge on any atom is 0.244 e. The standard InChI is InChI=1S/C30H36BrN3O5S/c1-4-5-18-32-30(36)28(19-23-10-7-6-8-11-23)33(21-24-14-16-25(31)17-15-24)29(35)22-34(40(3,37)38)26-12-9-13-27(20-26)39-2/h6-17,20,28H,4-5,18-19,21-22H2,1-3H3,(H,32,36)/t28-/m0/s1. The number of rotatable bonds is 14. The van der Waals surface area contributed by atoms with Gasteiger partial charge in [-0.15, -0.1) is 0 Å². The highest BCUT2D eigenvalue weighted by molar-refractivity contribution is 9.10. The molecule has 1 atom stereocenters. The molecule has 3 aromatic carbocycles. The molecule has 0 fully saturated rings. The number of nitrogens with zero attached hydrogens (tertiary/aromatic N) is 2. The highest BCUT2D eigenvalue weighted by atomic mass is 79.9. The Morgan fingerprint density at radius 1 is 0.975 bits per heavy atom. The molecule has 2 amide bonds. The van der Waals surface area contributed by atoms with Gasteiger partial charge in [0, 0.05) is 30.0 Å². The van der Waals surface area contributed by atoms with E-state index in [-0.39, 0.29) is 18.9 Å². The average molecular weight is 631 g/mol. The summed E-state index contributed by atoms with van der Waals surface area (Å²) in [6.45, 7) is 2.17. The second kappa shape index (κ2) is 14.9. The van der Waals surface area contributed by atoms with Gasteiger partial charge in [-0.25, -0.2) is 8.42 Å². The molecule has 0 spiro atoms. The molecule has 0 unspecified atom stereocenters. The van der Waals surface area contributed by atoms with Gasteiger partial charge in [-0.3, -0.25) is 13.9 Å². The summed E-state index contributed by atoms with van der Waals surface area (Å²) in [6.07, 6.45) is 3.05. The van der Waals surface area contributed by atoms with Crippen LogP contribution >= 0.6 is 15.9 Å². The number of ether oxygens (including phenoxy) is 1. The van der Waals surface area contributed by atoms with Crippen molar-refractivity contribution in [1.82, 2.24) is 10.2 Å². The van der Waals surface area contributed by atoms with Gasteiger partial charge >= 0.3 is 0 Å². The summed E-state index contributed by atoms with van der Waals surface area (Å²) in [7, 11) is -2.36. The topological polar surface area (TPSA) is 96.0 Å². The Bertz CT molecular complexity index is 1370. The number of amides is 2. The third-order valence-electron chi connectivity index (χ3n) is 6.39. The van der Waals surface area contributed by atoms with Crippen molar-refractivity contribution < 1.29 is 22.7 Å². The zero-order valence-electron chi connectivity index (χ0n) is 23.0. The van der Waals surface area contributed by atoms with Crippen LogP contribution < -0.4 is 14.4 Å². The van der Waals surface area contributed by atoms with Crippen molar-refractivity contribution in [3.05, 3.63) is 94.5 Å². The van der Waals surface area contributed by atoms with E-state index in [1.54, 1.807) is 24.3 Å². The van der Waals surface area contributed by atoms with Gasteiger partial charge in [0.25, 0.3) is 0 Å². The first kappa shape index (κ1) is 31.2. The zero-order valence-corrected chi connectivity index (χ0v) is 25.4. The van der Waals surface area contributed by atoms with Gasteiger partial charge in [0.2, 0.25) is 21.8 Å². The fraction of sp³-hybridized carbons (Fsp3) is 0.333. The van der Waals surface area contributed by atoms with Gasteiger partial charge < -0.3 is 15.0 Å². The molecular formula is C30H36BrN3O5S. The van der Waals surface area contributed by atoms with E-state index in [4.69, 9.17) is 4.74 Å². The summed E-state index contributed by atoms with van der Waals surface area (Å²) >= 11 is 3.44. The van der Waals surface area contributed by atoms with Crippen LogP contribution in [0.3, 0.4) is 0 Å². The molecule has 0 bridgehead atoms. The van der Waals surface area contributed by atoms with E-state index < -0.39 is 28.5 Å². The van der Waals surface area contributed by atoms with E-state index in [1.807, 2.05) is 61.5 Å². The largest absolute Gasteiger partial charge is 0.497 e. The first-order valence-electron chi connectivity index (χ1n) is 13.1. The minimum Gasteiger partial charge on any atom is -0.497 e. The molecular weight excluding hydrogens is 594 g/mol. The monoisotopic (exact) mass is 629 g/mol. The maximum atomic E-state index is 14.1. The number of sulfonamides is 1. The Hall–Kier alpha value is -3.37. The Kier molecular flexibility index (Phi) is 11.6. The number of unbranched alkanes of at least 4 members (excludes halogenated alkanes) is 1. The summed E-state index contributed by atoms with van der Waals surface area (Å²) in [5.41, 5.74) is 1.99. The lowest BCUT2D eigenvalue weighted by atomic mass is 10.0. The number of methoxy groups -OCH3 is 1. The molecule has 3 rings (SSSR count). The molecule has 0 aliphatic carbocycles. The number of halogens is 1.